The fourth-order valence-electron chi connectivity index (χ4n) is 1.50. The zero-order valence-corrected chi connectivity index (χ0v) is 12.4. The Hall–Kier alpha value is -0.750. The van der Waals surface area contributed by atoms with Crippen LogP contribution in [0.15, 0.2) is 30.6 Å². The Bertz CT molecular complexity index is 510. The van der Waals surface area contributed by atoms with Crippen LogP contribution < -0.4 is 5.32 Å². The normalized spacial score (nSPS) is 10.5. The topological polar surface area (TPSA) is 29.9 Å². The van der Waals surface area contributed by atoms with Crippen molar-refractivity contribution in [2.24, 2.45) is 0 Å². The van der Waals surface area contributed by atoms with Crippen LogP contribution in [0.4, 0.5) is 5.69 Å². The Balaban J connectivity index is 2.02. The van der Waals surface area contributed by atoms with E-state index in [2.05, 4.69) is 46.1 Å². The van der Waals surface area contributed by atoms with Crippen LogP contribution in [0.1, 0.15) is 12.5 Å². The summed E-state index contributed by atoms with van der Waals surface area (Å²) in [6.45, 7) is 3.75. The molecule has 0 saturated heterocycles. The van der Waals surface area contributed by atoms with Gasteiger partial charge >= 0.3 is 0 Å². The third kappa shape index (κ3) is 3.35. The van der Waals surface area contributed by atoms with Gasteiger partial charge in [0.1, 0.15) is 0 Å². The van der Waals surface area contributed by atoms with Gasteiger partial charge in [0, 0.05) is 39.1 Å². The molecule has 0 radical (unpaired) electrons. The predicted molar refractivity (Wildman–Crippen MR) is 79.4 cm³/mol. The van der Waals surface area contributed by atoms with E-state index >= 15 is 0 Å². The molecule has 90 valence electrons. The highest BCUT2D eigenvalue weighted by atomic mass is 127. The lowest BCUT2D eigenvalue weighted by molar-refractivity contribution is 0.659. The number of anilines is 1. The van der Waals surface area contributed by atoms with Crippen LogP contribution in [0.5, 0.6) is 0 Å². The van der Waals surface area contributed by atoms with Gasteiger partial charge < -0.3 is 5.32 Å². The Morgan fingerprint density at radius 2 is 2.29 bits per heavy atom. The first kappa shape index (κ1) is 12.7. The molecule has 2 aromatic rings. The summed E-state index contributed by atoms with van der Waals surface area (Å²) in [6, 6.07) is 5.83. The maximum atomic E-state index is 5.91. The zero-order chi connectivity index (χ0) is 12.3. The Morgan fingerprint density at radius 3 is 2.94 bits per heavy atom. The van der Waals surface area contributed by atoms with E-state index in [0.29, 0.717) is 0 Å². The molecule has 5 heteroatoms. The quantitative estimate of drug-likeness (QED) is 0.840. The molecule has 0 fully saturated rings. The van der Waals surface area contributed by atoms with E-state index in [9.17, 15) is 0 Å². The molecule has 0 saturated carbocycles. The second-order valence-electron chi connectivity index (χ2n) is 3.68. The van der Waals surface area contributed by atoms with Crippen molar-refractivity contribution in [1.82, 2.24) is 9.78 Å². The Kier molecular flexibility index (Phi) is 4.28. The fraction of sp³-hybridized carbons (Fsp3) is 0.250. The van der Waals surface area contributed by atoms with Crippen molar-refractivity contribution in [2.45, 2.75) is 20.0 Å². The van der Waals surface area contributed by atoms with E-state index in [1.54, 1.807) is 0 Å². The smallest absolute Gasteiger partial charge is 0.0539 e. The fourth-order valence-corrected chi connectivity index (χ4v) is 2.56. The van der Waals surface area contributed by atoms with Crippen molar-refractivity contribution in [2.75, 3.05) is 5.32 Å². The maximum Gasteiger partial charge on any atom is 0.0539 e. The number of aromatic nitrogens is 2. The lowest BCUT2D eigenvalue weighted by Crippen LogP contribution is -2.00. The minimum absolute atomic E-state index is 0.763. The average Bonchev–Trinajstić information content (AvgIpc) is 2.76. The summed E-state index contributed by atoms with van der Waals surface area (Å²) in [4.78, 5) is 0. The van der Waals surface area contributed by atoms with E-state index in [1.165, 1.54) is 5.56 Å². The van der Waals surface area contributed by atoms with E-state index in [-0.39, 0.29) is 0 Å². The van der Waals surface area contributed by atoms with Gasteiger partial charge in [-0.2, -0.15) is 5.10 Å². The monoisotopic (exact) mass is 361 g/mol. The van der Waals surface area contributed by atoms with Gasteiger partial charge in [0.15, 0.2) is 0 Å². The summed E-state index contributed by atoms with van der Waals surface area (Å²) in [7, 11) is 0. The second kappa shape index (κ2) is 5.73. The molecular weight excluding hydrogens is 349 g/mol. The molecule has 1 aromatic heterocycles. The number of hydrogen-bond acceptors (Lipinski definition) is 2. The zero-order valence-electron chi connectivity index (χ0n) is 9.45. The van der Waals surface area contributed by atoms with Crippen LogP contribution in [-0.2, 0) is 13.1 Å². The Morgan fingerprint density at radius 1 is 1.47 bits per heavy atom. The molecule has 1 aromatic carbocycles. The van der Waals surface area contributed by atoms with Crippen LogP contribution in [-0.4, -0.2) is 9.78 Å². The standard InChI is InChI=1S/C12H13ClIN3/c1-2-17-8-9(7-16-17)6-15-12-4-3-10(13)5-11(12)14/h3-5,7-8,15H,2,6H2,1H3. The third-order valence-electron chi connectivity index (χ3n) is 2.42. The van der Waals surface area contributed by atoms with Crippen LogP contribution >= 0.6 is 34.2 Å². The summed E-state index contributed by atoms with van der Waals surface area (Å²) in [5.41, 5.74) is 2.27. The molecule has 1 N–H and O–H groups in total. The number of rotatable bonds is 4. The summed E-state index contributed by atoms with van der Waals surface area (Å²) in [6.07, 6.45) is 3.94. The van der Waals surface area contributed by atoms with Gasteiger partial charge in [-0.15, -0.1) is 0 Å². The summed E-state index contributed by atoms with van der Waals surface area (Å²) >= 11 is 8.18. The highest BCUT2D eigenvalue weighted by Crippen LogP contribution is 2.22. The molecule has 3 nitrogen and oxygen atoms in total. The number of nitrogens with zero attached hydrogens (tertiary/aromatic N) is 2. The molecule has 0 aliphatic rings. The predicted octanol–water partition coefficient (Wildman–Crippen LogP) is 3.77. The number of benzene rings is 1. The first-order chi connectivity index (χ1) is 8.19. The van der Waals surface area contributed by atoms with E-state index in [4.69, 9.17) is 11.6 Å². The van der Waals surface area contributed by atoms with Gasteiger partial charge in [-0.25, -0.2) is 0 Å². The number of hydrogen-bond donors (Lipinski definition) is 1. The van der Waals surface area contributed by atoms with Gasteiger partial charge in [0.2, 0.25) is 0 Å². The van der Waals surface area contributed by atoms with Crippen molar-refractivity contribution in [3.05, 3.63) is 44.7 Å². The van der Waals surface area contributed by atoms with Crippen molar-refractivity contribution >= 4 is 39.9 Å². The third-order valence-corrected chi connectivity index (χ3v) is 3.55. The minimum atomic E-state index is 0.763. The molecule has 1 heterocycles. The molecule has 0 bridgehead atoms. The summed E-state index contributed by atoms with van der Waals surface area (Å²) in [5.74, 6) is 0. The van der Waals surface area contributed by atoms with Crippen molar-refractivity contribution in [1.29, 1.82) is 0 Å². The van der Waals surface area contributed by atoms with Gasteiger partial charge in [-0.3, -0.25) is 4.68 Å². The van der Waals surface area contributed by atoms with Crippen LogP contribution in [0.3, 0.4) is 0 Å². The molecule has 0 unspecified atom stereocenters. The first-order valence-corrected chi connectivity index (χ1v) is 6.85. The van der Waals surface area contributed by atoms with Gasteiger partial charge in [0.05, 0.1) is 6.20 Å². The lowest BCUT2D eigenvalue weighted by atomic mass is 10.3. The van der Waals surface area contributed by atoms with E-state index in [1.807, 2.05) is 29.1 Å². The minimum Gasteiger partial charge on any atom is -0.380 e. The molecule has 17 heavy (non-hydrogen) atoms. The summed E-state index contributed by atoms with van der Waals surface area (Å²) < 4.78 is 3.04. The number of nitrogens with one attached hydrogen (secondary N) is 1. The molecular formula is C12H13ClIN3. The lowest BCUT2D eigenvalue weighted by Gasteiger charge is -2.07. The van der Waals surface area contributed by atoms with Crippen molar-refractivity contribution in [3.8, 4) is 0 Å². The van der Waals surface area contributed by atoms with Crippen molar-refractivity contribution < 1.29 is 0 Å². The molecule has 0 atom stereocenters. The molecule has 0 amide bonds. The maximum absolute atomic E-state index is 5.91. The van der Waals surface area contributed by atoms with Gasteiger partial charge in [-0.1, -0.05) is 11.6 Å². The summed E-state index contributed by atoms with van der Waals surface area (Å²) in [5, 5.41) is 8.37. The average molecular weight is 362 g/mol. The highest BCUT2D eigenvalue weighted by molar-refractivity contribution is 14.1. The SMILES string of the molecule is CCn1cc(CNc2ccc(Cl)cc2I)cn1. The Labute approximate surface area is 119 Å². The van der Waals surface area contributed by atoms with Gasteiger partial charge in [0.25, 0.3) is 0 Å². The largest absolute Gasteiger partial charge is 0.380 e. The van der Waals surface area contributed by atoms with Gasteiger partial charge in [-0.05, 0) is 47.7 Å². The molecule has 0 aliphatic carbocycles. The molecule has 2 rings (SSSR count). The van der Waals surface area contributed by atoms with Crippen molar-refractivity contribution in [3.63, 3.8) is 0 Å². The first-order valence-electron chi connectivity index (χ1n) is 5.39. The highest BCUT2D eigenvalue weighted by Gasteiger charge is 2.01. The number of halogens is 2. The van der Waals surface area contributed by atoms with Crippen LogP contribution in [0.2, 0.25) is 5.02 Å². The number of aryl methyl sites for hydroxylation is 1. The second-order valence-corrected chi connectivity index (χ2v) is 5.28. The van der Waals surface area contributed by atoms with E-state index in [0.717, 1.165) is 27.4 Å². The van der Waals surface area contributed by atoms with E-state index < -0.39 is 0 Å². The molecule has 0 spiro atoms. The molecule has 0 aliphatic heterocycles. The van der Waals surface area contributed by atoms with Crippen LogP contribution in [0.25, 0.3) is 0 Å². The van der Waals surface area contributed by atoms with Crippen LogP contribution in [0, 0.1) is 3.57 Å².